The molecule has 78 valence electrons. The highest BCUT2D eigenvalue weighted by molar-refractivity contribution is 6.32. The number of ether oxygens (including phenoxy) is 2. The Morgan fingerprint density at radius 2 is 2.07 bits per heavy atom. The van der Waals surface area contributed by atoms with Gasteiger partial charge in [-0.15, -0.1) is 0 Å². The summed E-state index contributed by atoms with van der Waals surface area (Å²) in [4.78, 5) is 0. The van der Waals surface area contributed by atoms with Crippen LogP contribution in [0, 0.1) is 5.82 Å². The molecule has 0 aromatic heterocycles. The molecule has 0 spiro atoms. The Balaban J connectivity index is 3.40. The molecule has 0 saturated heterocycles. The van der Waals surface area contributed by atoms with E-state index in [9.17, 15) is 4.39 Å². The third kappa shape index (κ3) is 1.76. The molecule has 0 unspecified atom stereocenters. The number of benzene rings is 1. The molecular formula is C9H11ClFNO2. The summed E-state index contributed by atoms with van der Waals surface area (Å²) in [5, 5.41) is 0.284. The summed E-state index contributed by atoms with van der Waals surface area (Å²) < 4.78 is 23.3. The minimum atomic E-state index is -0.531. The van der Waals surface area contributed by atoms with Crippen LogP contribution in [0.4, 0.5) is 4.39 Å². The van der Waals surface area contributed by atoms with Crippen molar-refractivity contribution in [3.8, 4) is 11.5 Å². The van der Waals surface area contributed by atoms with Crippen molar-refractivity contribution in [2.45, 2.75) is 6.54 Å². The van der Waals surface area contributed by atoms with E-state index in [2.05, 4.69) is 0 Å². The lowest BCUT2D eigenvalue weighted by Crippen LogP contribution is -2.05. The van der Waals surface area contributed by atoms with E-state index in [1.165, 1.54) is 20.3 Å². The standard InChI is InChI=1S/C9H11ClFNO2/c1-13-7-3-6(10)9(14-2)5(4-12)8(7)11/h3H,4,12H2,1-2H3. The minimum absolute atomic E-state index is 0.00588. The van der Waals surface area contributed by atoms with Crippen LogP contribution in [0.3, 0.4) is 0 Å². The fourth-order valence-corrected chi connectivity index (χ4v) is 1.48. The summed E-state index contributed by atoms with van der Waals surface area (Å²) in [6.45, 7) is 0.00588. The molecule has 1 rings (SSSR count). The molecular weight excluding hydrogens is 209 g/mol. The van der Waals surface area contributed by atoms with Gasteiger partial charge in [0.25, 0.3) is 0 Å². The monoisotopic (exact) mass is 219 g/mol. The van der Waals surface area contributed by atoms with Gasteiger partial charge in [-0.05, 0) is 0 Å². The normalized spacial score (nSPS) is 10.1. The first-order valence-electron chi connectivity index (χ1n) is 3.94. The number of rotatable bonds is 3. The molecule has 5 heteroatoms. The minimum Gasteiger partial charge on any atom is -0.495 e. The summed E-state index contributed by atoms with van der Waals surface area (Å²) in [6.07, 6.45) is 0. The van der Waals surface area contributed by atoms with Crippen LogP contribution in [-0.2, 0) is 6.54 Å². The fraction of sp³-hybridized carbons (Fsp3) is 0.333. The zero-order valence-electron chi connectivity index (χ0n) is 7.93. The summed E-state index contributed by atoms with van der Waals surface area (Å²) in [6, 6.07) is 1.36. The van der Waals surface area contributed by atoms with Gasteiger partial charge < -0.3 is 15.2 Å². The molecule has 0 radical (unpaired) electrons. The second-order valence-corrected chi connectivity index (χ2v) is 3.00. The first-order chi connectivity index (χ1) is 6.65. The highest BCUT2D eigenvalue weighted by Crippen LogP contribution is 2.35. The van der Waals surface area contributed by atoms with Gasteiger partial charge in [0.05, 0.1) is 19.2 Å². The van der Waals surface area contributed by atoms with Crippen molar-refractivity contribution in [2.24, 2.45) is 5.73 Å². The zero-order valence-corrected chi connectivity index (χ0v) is 8.69. The van der Waals surface area contributed by atoms with E-state index in [4.69, 9.17) is 26.8 Å². The highest BCUT2D eigenvalue weighted by Gasteiger charge is 2.17. The molecule has 0 amide bonds. The van der Waals surface area contributed by atoms with Crippen LogP contribution in [0.15, 0.2) is 6.07 Å². The fourth-order valence-electron chi connectivity index (χ4n) is 1.19. The molecule has 1 aromatic rings. The van der Waals surface area contributed by atoms with Gasteiger partial charge in [0.1, 0.15) is 5.75 Å². The molecule has 0 aliphatic heterocycles. The van der Waals surface area contributed by atoms with Crippen LogP contribution >= 0.6 is 11.6 Å². The number of hydrogen-bond donors (Lipinski definition) is 1. The van der Waals surface area contributed by atoms with Crippen LogP contribution in [0.5, 0.6) is 11.5 Å². The Kier molecular flexibility index (Phi) is 3.55. The van der Waals surface area contributed by atoms with E-state index in [1.807, 2.05) is 0 Å². The van der Waals surface area contributed by atoms with Crippen molar-refractivity contribution in [1.29, 1.82) is 0 Å². The molecule has 0 aliphatic carbocycles. The Morgan fingerprint density at radius 1 is 1.43 bits per heavy atom. The molecule has 0 fully saturated rings. The molecule has 0 atom stereocenters. The average Bonchev–Trinajstić information content (AvgIpc) is 2.20. The van der Waals surface area contributed by atoms with E-state index in [0.717, 1.165) is 0 Å². The van der Waals surface area contributed by atoms with E-state index < -0.39 is 5.82 Å². The average molecular weight is 220 g/mol. The Bertz CT molecular complexity index is 344. The molecule has 0 heterocycles. The lowest BCUT2D eigenvalue weighted by atomic mass is 10.1. The van der Waals surface area contributed by atoms with E-state index in [1.54, 1.807) is 0 Å². The maximum Gasteiger partial charge on any atom is 0.173 e. The second-order valence-electron chi connectivity index (χ2n) is 2.59. The predicted molar refractivity (Wildman–Crippen MR) is 52.4 cm³/mol. The Labute approximate surface area is 86.6 Å². The quantitative estimate of drug-likeness (QED) is 0.845. The first kappa shape index (κ1) is 11.1. The summed E-state index contributed by atoms with van der Waals surface area (Å²) in [5.41, 5.74) is 5.60. The molecule has 1 aromatic carbocycles. The van der Waals surface area contributed by atoms with Gasteiger partial charge in [-0.25, -0.2) is 4.39 Å². The lowest BCUT2D eigenvalue weighted by Gasteiger charge is -2.12. The third-order valence-electron chi connectivity index (χ3n) is 1.86. The SMILES string of the molecule is COc1cc(Cl)c(OC)c(CN)c1F. The van der Waals surface area contributed by atoms with Gasteiger partial charge in [-0.1, -0.05) is 11.6 Å². The summed E-state index contributed by atoms with van der Waals surface area (Å²) in [7, 11) is 2.77. The molecule has 3 nitrogen and oxygen atoms in total. The first-order valence-corrected chi connectivity index (χ1v) is 4.32. The van der Waals surface area contributed by atoms with Crippen LogP contribution in [0.2, 0.25) is 5.02 Å². The Morgan fingerprint density at radius 3 is 2.50 bits per heavy atom. The van der Waals surface area contributed by atoms with Gasteiger partial charge in [-0.2, -0.15) is 0 Å². The van der Waals surface area contributed by atoms with E-state index in [0.29, 0.717) is 0 Å². The second kappa shape index (κ2) is 4.48. The number of nitrogens with two attached hydrogens (primary N) is 1. The lowest BCUT2D eigenvalue weighted by molar-refractivity contribution is 0.372. The maximum atomic E-state index is 13.6. The predicted octanol–water partition coefficient (Wildman–Crippen LogP) is 1.95. The van der Waals surface area contributed by atoms with Crippen molar-refractivity contribution in [1.82, 2.24) is 0 Å². The topological polar surface area (TPSA) is 44.5 Å². The van der Waals surface area contributed by atoms with Crippen LogP contribution in [0.25, 0.3) is 0 Å². The van der Waals surface area contributed by atoms with Crippen molar-refractivity contribution in [2.75, 3.05) is 14.2 Å². The Hall–Kier alpha value is -1.00. The summed E-state index contributed by atoms with van der Waals surface area (Å²) in [5.74, 6) is -0.208. The van der Waals surface area contributed by atoms with Crippen LogP contribution in [-0.4, -0.2) is 14.2 Å². The smallest absolute Gasteiger partial charge is 0.173 e. The maximum absolute atomic E-state index is 13.6. The van der Waals surface area contributed by atoms with Crippen molar-refractivity contribution in [3.05, 3.63) is 22.5 Å². The third-order valence-corrected chi connectivity index (χ3v) is 2.14. The van der Waals surface area contributed by atoms with Gasteiger partial charge in [0, 0.05) is 18.2 Å². The van der Waals surface area contributed by atoms with Crippen molar-refractivity contribution in [3.63, 3.8) is 0 Å². The van der Waals surface area contributed by atoms with Crippen molar-refractivity contribution >= 4 is 11.6 Å². The van der Waals surface area contributed by atoms with Crippen LogP contribution < -0.4 is 15.2 Å². The molecule has 0 bridgehead atoms. The van der Waals surface area contributed by atoms with Crippen LogP contribution in [0.1, 0.15) is 5.56 Å². The van der Waals surface area contributed by atoms with Gasteiger partial charge in [0.15, 0.2) is 11.6 Å². The van der Waals surface area contributed by atoms with Gasteiger partial charge in [-0.3, -0.25) is 0 Å². The van der Waals surface area contributed by atoms with Gasteiger partial charge >= 0.3 is 0 Å². The molecule has 0 saturated carbocycles. The number of hydrogen-bond acceptors (Lipinski definition) is 3. The summed E-state index contributed by atoms with van der Waals surface area (Å²) >= 11 is 5.84. The van der Waals surface area contributed by atoms with Crippen molar-refractivity contribution < 1.29 is 13.9 Å². The highest BCUT2D eigenvalue weighted by atomic mass is 35.5. The molecule has 2 N–H and O–H groups in total. The number of halogens is 2. The largest absolute Gasteiger partial charge is 0.495 e. The molecule has 0 aliphatic rings. The molecule has 14 heavy (non-hydrogen) atoms. The van der Waals surface area contributed by atoms with E-state index >= 15 is 0 Å². The van der Waals surface area contributed by atoms with Gasteiger partial charge in [0.2, 0.25) is 0 Å². The zero-order chi connectivity index (χ0) is 10.7. The number of methoxy groups -OCH3 is 2. The van der Waals surface area contributed by atoms with E-state index in [-0.39, 0.29) is 28.6 Å².